The Hall–Kier alpha value is -2.34. The Morgan fingerprint density at radius 2 is 2.22 bits per heavy atom. The van der Waals surface area contributed by atoms with Crippen molar-refractivity contribution in [1.29, 1.82) is 0 Å². The highest BCUT2D eigenvalue weighted by Crippen LogP contribution is 2.22. The van der Waals surface area contributed by atoms with Crippen LogP contribution >= 0.6 is 11.8 Å². The summed E-state index contributed by atoms with van der Waals surface area (Å²) >= 11 is 1.65. The van der Waals surface area contributed by atoms with Gasteiger partial charge in [-0.15, -0.1) is 11.8 Å². The van der Waals surface area contributed by atoms with E-state index in [1.165, 1.54) is 0 Å². The molecule has 2 amide bonds. The summed E-state index contributed by atoms with van der Waals surface area (Å²) in [6.07, 6.45) is 2.74. The number of hydrogen-bond donors (Lipinski definition) is 2. The minimum atomic E-state index is -0.422. The molecule has 23 heavy (non-hydrogen) atoms. The van der Waals surface area contributed by atoms with Crippen LogP contribution in [0.4, 0.5) is 5.69 Å². The molecule has 1 aliphatic heterocycles. The third-order valence-corrected chi connectivity index (χ3v) is 4.55. The molecule has 0 unspecified atom stereocenters. The highest BCUT2D eigenvalue weighted by molar-refractivity contribution is 7.98. The van der Waals surface area contributed by atoms with Crippen molar-refractivity contribution < 1.29 is 9.59 Å². The van der Waals surface area contributed by atoms with Crippen molar-refractivity contribution in [3.8, 4) is 0 Å². The Morgan fingerprint density at radius 1 is 1.30 bits per heavy atom. The Morgan fingerprint density at radius 3 is 2.96 bits per heavy atom. The van der Waals surface area contributed by atoms with Gasteiger partial charge in [-0.25, -0.2) is 4.98 Å². The average molecular weight is 327 g/mol. The molecule has 0 radical (unpaired) electrons. The predicted octanol–water partition coefficient (Wildman–Crippen LogP) is 2.59. The average Bonchev–Trinajstić information content (AvgIpc) is 3.01. The molecule has 1 aliphatic rings. The molecule has 1 saturated heterocycles. The van der Waals surface area contributed by atoms with Crippen LogP contribution in [0.3, 0.4) is 0 Å². The van der Waals surface area contributed by atoms with Gasteiger partial charge in [0.15, 0.2) is 0 Å². The van der Waals surface area contributed by atoms with Crippen LogP contribution < -0.4 is 10.6 Å². The molecule has 0 aliphatic carbocycles. The van der Waals surface area contributed by atoms with Crippen molar-refractivity contribution in [2.75, 3.05) is 5.32 Å². The number of nitrogens with zero attached hydrogens (tertiary/aromatic N) is 1. The predicted molar refractivity (Wildman–Crippen MR) is 90.0 cm³/mol. The number of hydrogen-bond acceptors (Lipinski definition) is 4. The minimum Gasteiger partial charge on any atom is -0.344 e. The number of carbonyl (C=O) groups is 2. The van der Waals surface area contributed by atoms with E-state index in [0.717, 1.165) is 22.0 Å². The molecule has 0 saturated carbocycles. The highest BCUT2D eigenvalue weighted by Gasteiger charge is 2.27. The summed E-state index contributed by atoms with van der Waals surface area (Å²) < 4.78 is 0. The lowest BCUT2D eigenvalue weighted by Crippen LogP contribution is -2.37. The third kappa shape index (κ3) is 4.32. The van der Waals surface area contributed by atoms with Crippen molar-refractivity contribution in [2.45, 2.75) is 29.7 Å². The molecule has 1 fully saturated rings. The number of thioether (sulfide) groups is 1. The van der Waals surface area contributed by atoms with E-state index in [4.69, 9.17) is 0 Å². The van der Waals surface area contributed by atoms with E-state index in [1.54, 1.807) is 18.0 Å². The number of pyridine rings is 1. The second-order valence-corrected chi connectivity index (χ2v) is 6.30. The molecule has 0 spiro atoms. The molecule has 118 valence electrons. The van der Waals surface area contributed by atoms with E-state index in [0.29, 0.717) is 12.8 Å². The first-order chi connectivity index (χ1) is 11.2. The van der Waals surface area contributed by atoms with E-state index in [9.17, 15) is 9.59 Å². The van der Waals surface area contributed by atoms with Crippen molar-refractivity contribution in [1.82, 2.24) is 10.3 Å². The second-order valence-electron chi connectivity index (χ2n) is 5.31. The van der Waals surface area contributed by atoms with Crippen LogP contribution in [-0.2, 0) is 15.3 Å². The quantitative estimate of drug-likeness (QED) is 0.828. The second kappa shape index (κ2) is 7.28. The maximum Gasteiger partial charge on any atom is 0.246 e. The number of amides is 2. The molecular formula is C17H17N3O2S. The van der Waals surface area contributed by atoms with Crippen molar-refractivity contribution in [3.63, 3.8) is 0 Å². The number of carbonyl (C=O) groups excluding carboxylic acids is 2. The molecule has 6 heteroatoms. The fourth-order valence-electron chi connectivity index (χ4n) is 2.37. The van der Waals surface area contributed by atoms with Gasteiger partial charge in [-0.1, -0.05) is 18.2 Å². The smallest absolute Gasteiger partial charge is 0.246 e. The van der Waals surface area contributed by atoms with Gasteiger partial charge in [-0.3, -0.25) is 9.59 Å². The van der Waals surface area contributed by atoms with Crippen LogP contribution in [0.5, 0.6) is 0 Å². The fraction of sp³-hybridized carbons (Fsp3) is 0.235. The summed E-state index contributed by atoms with van der Waals surface area (Å²) in [5.41, 5.74) is 1.85. The van der Waals surface area contributed by atoms with E-state index in [2.05, 4.69) is 15.6 Å². The molecule has 1 aromatic heterocycles. The Balaban J connectivity index is 1.58. The van der Waals surface area contributed by atoms with Crippen LogP contribution in [0, 0.1) is 0 Å². The van der Waals surface area contributed by atoms with Crippen LogP contribution in [0.1, 0.15) is 18.4 Å². The van der Waals surface area contributed by atoms with Gasteiger partial charge in [0.05, 0.1) is 5.03 Å². The first kappa shape index (κ1) is 15.6. The molecular weight excluding hydrogens is 310 g/mol. The van der Waals surface area contributed by atoms with Gasteiger partial charge in [0.2, 0.25) is 11.8 Å². The Bertz CT molecular complexity index is 706. The van der Waals surface area contributed by atoms with E-state index in [-0.39, 0.29) is 11.8 Å². The number of aromatic nitrogens is 1. The summed E-state index contributed by atoms with van der Waals surface area (Å²) in [4.78, 5) is 27.6. The van der Waals surface area contributed by atoms with Crippen molar-refractivity contribution in [3.05, 3.63) is 54.2 Å². The number of anilines is 1. The molecule has 1 aromatic carbocycles. The largest absolute Gasteiger partial charge is 0.344 e. The van der Waals surface area contributed by atoms with Crippen LogP contribution in [-0.4, -0.2) is 22.8 Å². The van der Waals surface area contributed by atoms with Gasteiger partial charge >= 0.3 is 0 Å². The molecule has 3 rings (SSSR count). The van der Waals surface area contributed by atoms with Crippen LogP contribution in [0.2, 0.25) is 0 Å². The fourth-order valence-corrected chi connectivity index (χ4v) is 3.17. The molecule has 1 atom stereocenters. The summed E-state index contributed by atoms with van der Waals surface area (Å²) in [5, 5.41) is 6.50. The summed E-state index contributed by atoms with van der Waals surface area (Å²) in [5.74, 6) is 0.553. The van der Waals surface area contributed by atoms with Gasteiger partial charge in [0.1, 0.15) is 6.04 Å². The van der Waals surface area contributed by atoms with Gasteiger partial charge in [0.25, 0.3) is 0 Å². The van der Waals surface area contributed by atoms with E-state index < -0.39 is 6.04 Å². The Labute approximate surface area is 138 Å². The summed E-state index contributed by atoms with van der Waals surface area (Å²) in [6.45, 7) is 0. The first-order valence-electron chi connectivity index (χ1n) is 7.44. The lowest BCUT2D eigenvalue weighted by molar-refractivity contribution is -0.122. The van der Waals surface area contributed by atoms with E-state index in [1.807, 2.05) is 42.5 Å². The SMILES string of the molecule is O=C1CC[C@@H](C(=O)Nc2cccc(CSc3ccccn3)c2)N1. The lowest BCUT2D eigenvalue weighted by Gasteiger charge is -2.11. The zero-order valence-corrected chi connectivity index (χ0v) is 13.3. The molecule has 5 nitrogen and oxygen atoms in total. The molecule has 2 heterocycles. The zero-order chi connectivity index (χ0) is 16.1. The minimum absolute atomic E-state index is 0.0642. The van der Waals surface area contributed by atoms with Crippen LogP contribution in [0.25, 0.3) is 0 Å². The van der Waals surface area contributed by atoms with Gasteiger partial charge < -0.3 is 10.6 Å². The zero-order valence-electron chi connectivity index (χ0n) is 12.5. The van der Waals surface area contributed by atoms with Gasteiger partial charge in [-0.05, 0) is 36.2 Å². The molecule has 2 N–H and O–H groups in total. The summed E-state index contributed by atoms with van der Waals surface area (Å²) in [7, 11) is 0. The number of benzene rings is 1. The van der Waals surface area contributed by atoms with E-state index >= 15 is 0 Å². The third-order valence-electron chi connectivity index (χ3n) is 3.53. The maximum absolute atomic E-state index is 12.1. The number of nitrogens with one attached hydrogen (secondary N) is 2. The molecule has 2 aromatic rings. The topological polar surface area (TPSA) is 71.1 Å². The van der Waals surface area contributed by atoms with Crippen LogP contribution in [0.15, 0.2) is 53.7 Å². The Kier molecular flexibility index (Phi) is 4.92. The van der Waals surface area contributed by atoms with Crippen molar-refractivity contribution >= 4 is 29.3 Å². The maximum atomic E-state index is 12.1. The van der Waals surface area contributed by atoms with Gasteiger partial charge in [-0.2, -0.15) is 0 Å². The highest BCUT2D eigenvalue weighted by atomic mass is 32.2. The standard InChI is InChI=1S/C17H17N3O2S/c21-15-8-7-14(20-15)17(22)19-13-5-3-4-12(10-13)11-23-16-6-1-2-9-18-16/h1-6,9-10,14H,7-8,11H2,(H,19,22)(H,20,21)/t14-/m0/s1. The monoisotopic (exact) mass is 327 g/mol. The number of rotatable bonds is 5. The van der Waals surface area contributed by atoms with Crippen molar-refractivity contribution in [2.24, 2.45) is 0 Å². The molecule has 0 bridgehead atoms. The lowest BCUT2D eigenvalue weighted by atomic mass is 10.2. The van der Waals surface area contributed by atoms with Gasteiger partial charge in [0, 0.05) is 24.1 Å². The summed E-state index contributed by atoms with van der Waals surface area (Å²) in [6, 6.07) is 13.1. The normalized spacial score (nSPS) is 16.9. The first-order valence-corrected chi connectivity index (χ1v) is 8.42.